The lowest BCUT2D eigenvalue weighted by atomic mass is 10.00. The monoisotopic (exact) mass is 351 g/mol. The number of hydrogen-bond donors (Lipinski definition) is 1. The van der Waals surface area contributed by atoms with E-state index < -0.39 is 0 Å². The third kappa shape index (κ3) is 2.70. The van der Waals surface area contributed by atoms with Gasteiger partial charge in [-0.25, -0.2) is 0 Å². The maximum atomic E-state index is 5.51. The molecular weight excluding hydrogens is 334 g/mol. The van der Waals surface area contributed by atoms with Gasteiger partial charge in [0.2, 0.25) is 0 Å². The Morgan fingerprint density at radius 1 is 1.30 bits per heavy atom. The quantitative estimate of drug-likeness (QED) is 0.872. The molecular formula is C16H18BrNOS. The predicted molar refractivity (Wildman–Crippen MR) is 87.2 cm³/mol. The molecule has 0 fully saturated rings. The second kappa shape index (κ2) is 5.98. The van der Waals surface area contributed by atoms with Crippen LogP contribution in [0.3, 0.4) is 0 Å². The molecule has 3 rings (SSSR count). The van der Waals surface area contributed by atoms with Crippen molar-refractivity contribution in [3.63, 3.8) is 0 Å². The van der Waals surface area contributed by atoms with Gasteiger partial charge in [0.1, 0.15) is 0 Å². The van der Waals surface area contributed by atoms with Crippen LogP contribution in [0, 0.1) is 6.92 Å². The molecule has 4 heteroatoms. The van der Waals surface area contributed by atoms with E-state index in [2.05, 4.69) is 59.4 Å². The number of ether oxygens (including phenoxy) is 1. The highest BCUT2D eigenvalue weighted by Crippen LogP contribution is 2.35. The molecule has 1 unspecified atom stereocenters. The average molecular weight is 352 g/mol. The number of halogens is 1. The van der Waals surface area contributed by atoms with E-state index in [1.165, 1.54) is 30.9 Å². The number of benzene rings is 1. The summed E-state index contributed by atoms with van der Waals surface area (Å²) in [5, 5.41) is 3.60. The third-order valence-electron chi connectivity index (χ3n) is 3.65. The molecule has 106 valence electrons. The highest BCUT2D eigenvalue weighted by molar-refractivity contribution is 9.11. The van der Waals surface area contributed by atoms with E-state index in [0.29, 0.717) is 0 Å². The standard InChI is InChI=1S/C16H18BrNOS/c1-3-18-15(14-6-10(2)16(17)20-14)11-4-5-12-8-19-9-13(12)7-11/h4-7,15,18H,3,8-9H2,1-2H3. The van der Waals surface area contributed by atoms with E-state index in [0.717, 1.165) is 19.8 Å². The average Bonchev–Trinajstić information content (AvgIpc) is 3.02. The molecule has 0 radical (unpaired) electrons. The molecule has 1 atom stereocenters. The highest BCUT2D eigenvalue weighted by Gasteiger charge is 2.19. The molecule has 0 saturated carbocycles. The zero-order valence-electron chi connectivity index (χ0n) is 11.7. The minimum atomic E-state index is 0.265. The van der Waals surface area contributed by atoms with Crippen LogP contribution >= 0.6 is 27.3 Å². The van der Waals surface area contributed by atoms with Crippen LogP contribution in [-0.2, 0) is 18.0 Å². The fourth-order valence-electron chi connectivity index (χ4n) is 2.58. The molecule has 0 bridgehead atoms. The predicted octanol–water partition coefficient (Wildman–Crippen LogP) is 4.55. The van der Waals surface area contributed by atoms with Crippen molar-refractivity contribution in [1.29, 1.82) is 0 Å². The molecule has 1 aliphatic rings. The van der Waals surface area contributed by atoms with Gasteiger partial charge in [-0.05, 0) is 57.7 Å². The summed E-state index contributed by atoms with van der Waals surface area (Å²) in [6.07, 6.45) is 0. The van der Waals surface area contributed by atoms with Crippen LogP contribution in [0.2, 0.25) is 0 Å². The Morgan fingerprint density at radius 2 is 2.10 bits per heavy atom. The van der Waals surface area contributed by atoms with Crippen molar-refractivity contribution in [3.05, 3.63) is 55.2 Å². The summed E-state index contributed by atoms with van der Waals surface area (Å²) in [4.78, 5) is 1.36. The summed E-state index contributed by atoms with van der Waals surface area (Å²) in [6, 6.07) is 9.26. The van der Waals surface area contributed by atoms with Crippen LogP contribution in [0.15, 0.2) is 28.1 Å². The van der Waals surface area contributed by atoms with E-state index in [4.69, 9.17) is 4.74 Å². The van der Waals surface area contributed by atoms with Gasteiger partial charge in [0, 0.05) is 4.88 Å². The first-order chi connectivity index (χ1) is 9.69. The van der Waals surface area contributed by atoms with Crippen LogP contribution in [0.5, 0.6) is 0 Å². The van der Waals surface area contributed by atoms with Crippen molar-refractivity contribution in [2.24, 2.45) is 0 Å². The Bertz CT molecular complexity index is 603. The van der Waals surface area contributed by atoms with Gasteiger partial charge in [-0.1, -0.05) is 25.1 Å². The minimum Gasteiger partial charge on any atom is -0.372 e. The van der Waals surface area contributed by atoms with Gasteiger partial charge >= 0.3 is 0 Å². The van der Waals surface area contributed by atoms with E-state index in [1.807, 2.05) is 11.3 Å². The molecule has 0 aliphatic carbocycles. The van der Waals surface area contributed by atoms with E-state index in [1.54, 1.807) is 0 Å². The molecule has 20 heavy (non-hydrogen) atoms. The van der Waals surface area contributed by atoms with Crippen molar-refractivity contribution in [3.8, 4) is 0 Å². The Morgan fingerprint density at radius 3 is 2.80 bits per heavy atom. The molecule has 1 aromatic carbocycles. The van der Waals surface area contributed by atoms with Gasteiger partial charge < -0.3 is 10.1 Å². The van der Waals surface area contributed by atoms with Gasteiger partial charge in [-0.3, -0.25) is 0 Å². The number of fused-ring (bicyclic) bond motifs is 1. The number of hydrogen-bond acceptors (Lipinski definition) is 3. The summed E-state index contributed by atoms with van der Waals surface area (Å²) in [7, 11) is 0. The van der Waals surface area contributed by atoms with E-state index in [-0.39, 0.29) is 6.04 Å². The Balaban J connectivity index is 1.98. The number of thiophene rings is 1. The topological polar surface area (TPSA) is 21.3 Å². The highest BCUT2D eigenvalue weighted by atomic mass is 79.9. The van der Waals surface area contributed by atoms with Crippen LogP contribution in [0.1, 0.15) is 40.1 Å². The van der Waals surface area contributed by atoms with Gasteiger partial charge in [0.05, 0.1) is 23.0 Å². The Labute approximate surface area is 132 Å². The van der Waals surface area contributed by atoms with Crippen LogP contribution in [-0.4, -0.2) is 6.54 Å². The first kappa shape index (κ1) is 14.3. The van der Waals surface area contributed by atoms with Crippen molar-refractivity contribution in [2.75, 3.05) is 6.54 Å². The maximum absolute atomic E-state index is 5.51. The smallest absolute Gasteiger partial charge is 0.0731 e. The fraction of sp³-hybridized carbons (Fsp3) is 0.375. The molecule has 2 heterocycles. The molecule has 0 saturated heterocycles. The second-order valence-corrected chi connectivity index (χ2v) is 7.52. The Kier molecular flexibility index (Phi) is 4.26. The summed E-state index contributed by atoms with van der Waals surface area (Å²) < 4.78 is 6.74. The summed E-state index contributed by atoms with van der Waals surface area (Å²) in [6.45, 7) is 6.75. The van der Waals surface area contributed by atoms with Crippen LogP contribution < -0.4 is 5.32 Å². The van der Waals surface area contributed by atoms with Crippen molar-refractivity contribution < 1.29 is 4.74 Å². The van der Waals surface area contributed by atoms with E-state index in [9.17, 15) is 0 Å². The molecule has 0 spiro atoms. The molecule has 2 nitrogen and oxygen atoms in total. The summed E-state index contributed by atoms with van der Waals surface area (Å²) in [5.74, 6) is 0. The van der Waals surface area contributed by atoms with Gasteiger partial charge in [0.25, 0.3) is 0 Å². The lowest BCUT2D eigenvalue weighted by Gasteiger charge is -2.17. The van der Waals surface area contributed by atoms with Crippen LogP contribution in [0.25, 0.3) is 0 Å². The van der Waals surface area contributed by atoms with Crippen molar-refractivity contribution in [1.82, 2.24) is 5.32 Å². The third-order valence-corrected chi connectivity index (χ3v) is 5.85. The van der Waals surface area contributed by atoms with E-state index >= 15 is 0 Å². The lowest BCUT2D eigenvalue weighted by Crippen LogP contribution is -2.21. The van der Waals surface area contributed by atoms with Crippen molar-refractivity contribution in [2.45, 2.75) is 33.1 Å². The lowest BCUT2D eigenvalue weighted by molar-refractivity contribution is 0.134. The second-order valence-electron chi connectivity index (χ2n) is 5.12. The van der Waals surface area contributed by atoms with Crippen LogP contribution in [0.4, 0.5) is 0 Å². The number of aryl methyl sites for hydroxylation is 1. The largest absolute Gasteiger partial charge is 0.372 e. The maximum Gasteiger partial charge on any atom is 0.0731 e. The fourth-order valence-corrected chi connectivity index (χ4v) is 4.26. The number of nitrogens with one attached hydrogen (secondary N) is 1. The zero-order chi connectivity index (χ0) is 14.1. The first-order valence-electron chi connectivity index (χ1n) is 6.87. The zero-order valence-corrected chi connectivity index (χ0v) is 14.1. The number of rotatable bonds is 4. The molecule has 0 amide bonds. The minimum absolute atomic E-state index is 0.265. The van der Waals surface area contributed by atoms with Gasteiger partial charge in [-0.2, -0.15) is 0 Å². The van der Waals surface area contributed by atoms with Crippen molar-refractivity contribution >= 4 is 27.3 Å². The summed E-state index contributed by atoms with van der Waals surface area (Å²) >= 11 is 5.44. The molecule has 1 aliphatic heterocycles. The SMILES string of the molecule is CCNC(c1ccc2c(c1)COC2)c1cc(C)c(Br)s1. The molecule has 2 aromatic rings. The first-order valence-corrected chi connectivity index (χ1v) is 8.48. The summed E-state index contributed by atoms with van der Waals surface area (Å²) in [5.41, 5.74) is 5.28. The molecule has 1 N–H and O–H groups in total. The van der Waals surface area contributed by atoms with Gasteiger partial charge in [0.15, 0.2) is 0 Å². The van der Waals surface area contributed by atoms with Gasteiger partial charge in [-0.15, -0.1) is 11.3 Å². The normalized spacial score (nSPS) is 15.3. The molecule has 1 aromatic heterocycles. The Hall–Kier alpha value is -0.680.